The molecule has 45 heavy (non-hydrogen) atoms. The van der Waals surface area contributed by atoms with Gasteiger partial charge in [0, 0.05) is 24.5 Å². The second-order valence-corrected chi connectivity index (χ2v) is 9.50. The quantitative estimate of drug-likeness (QED) is 0.128. The Kier molecular flexibility index (Phi) is 31.9. The van der Waals surface area contributed by atoms with Crippen molar-refractivity contribution in [3.8, 4) is 5.75 Å². The first-order valence-corrected chi connectivity index (χ1v) is 17.3. The summed E-state index contributed by atoms with van der Waals surface area (Å²) in [5.74, 6) is 0.684. The summed E-state index contributed by atoms with van der Waals surface area (Å²) in [7, 11) is 1.65. The normalized spacial score (nSPS) is 9.40. The third kappa shape index (κ3) is 19.8. The number of nitrogens with zero attached hydrogens (tertiary/aromatic N) is 2. The Labute approximate surface area is 281 Å². The lowest BCUT2D eigenvalue weighted by atomic mass is 10.00. The molecular weight excluding hydrogens is 581 g/mol. The number of ether oxygens (including phenoxy) is 1. The van der Waals surface area contributed by atoms with Crippen LogP contribution in [-0.4, -0.2) is 30.6 Å². The molecular formula is C39H63ClFN3O. The van der Waals surface area contributed by atoms with E-state index in [0.29, 0.717) is 17.3 Å². The Morgan fingerprint density at radius 1 is 0.867 bits per heavy atom. The van der Waals surface area contributed by atoms with Gasteiger partial charge in [0.05, 0.1) is 12.8 Å². The minimum absolute atomic E-state index is 0.119. The minimum atomic E-state index is -0.119. The summed E-state index contributed by atoms with van der Waals surface area (Å²) in [6.45, 7) is 25.0. The number of nitrogens with one attached hydrogen (secondary N) is 1. The zero-order chi connectivity index (χ0) is 35.2. The van der Waals surface area contributed by atoms with Gasteiger partial charge in [-0.15, -0.1) is 0 Å². The van der Waals surface area contributed by atoms with Gasteiger partial charge in [0.25, 0.3) is 0 Å². The van der Waals surface area contributed by atoms with E-state index in [0.717, 1.165) is 66.7 Å². The number of hydrogen-bond acceptors (Lipinski definition) is 4. The number of methoxy groups -OCH3 is 1. The van der Waals surface area contributed by atoms with Crippen LogP contribution in [0, 0.1) is 25.1 Å². The molecule has 254 valence electrons. The van der Waals surface area contributed by atoms with Crippen LogP contribution in [0.25, 0.3) is 0 Å². The van der Waals surface area contributed by atoms with E-state index in [1.54, 1.807) is 31.7 Å². The number of halogens is 2. The Morgan fingerprint density at radius 2 is 1.47 bits per heavy atom. The van der Waals surface area contributed by atoms with E-state index < -0.39 is 0 Å². The van der Waals surface area contributed by atoms with Crippen LogP contribution in [-0.2, 0) is 19.3 Å². The van der Waals surface area contributed by atoms with Crippen molar-refractivity contribution in [3.05, 3.63) is 93.0 Å². The zero-order valence-corrected chi connectivity index (χ0v) is 31.5. The third-order valence-electron chi connectivity index (χ3n) is 6.00. The van der Waals surface area contributed by atoms with Gasteiger partial charge >= 0.3 is 0 Å². The Balaban J connectivity index is -0.000000656. The first-order valence-electron chi connectivity index (χ1n) is 16.9. The molecule has 3 rings (SSSR count). The Hall–Kier alpha value is -3.05. The maximum atomic E-state index is 14.2. The summed E-state index contributed by atoms with van der Waals surface area (Å²) in [5, 5.41) is 8.30. The number of aryl methyl sites for hydroxylation is 5. The highest BCUT2D eigenvalue weighted by Gasteiger charge is 2.10. The second kappa shape index (κ2) is 31.0. The molecule has 0 atom stereocenters. The van der Waals surface area contributed by atoms with Crippen molar-refractivity contribution in [1.82, 2.24) is 4.98 Å². The molecule has 0 saturated heterocycles. The first kappa shape index (κ1) is 46.4. The molecule has 0 saturated carbocycles. The van der Waals surface area contributed by atoms with Crippen LogP contribution < -0.4 is 4.74 Å². The molecule has 4 nitrogen and oxygen atoms in total. The van der Waals surface area contributed by atoms with Gasteiger partial charge < -0.3 is 4.74 Å². The molecule has 0 bridgehead atoms. The Bertz CT molecular complexity index is 1180. The zero-order valence-electron chi connectivity index (χ0n) is 30.7. The molecule has 1 N–H and O–H groups in total. The average molecular weight is 644 g/mol. The number of aliphatic imine (C=N–C) groups is 1. The number of unbranched alkanes of at least 4 members (excludes halogenated alkanes) is 1. The molecule has 0 amide bonds. The highest BCUT2D eigenvalue weighted by molar-refractivity contribution is 6.37. The molecule has 0 unspecified atom stereocenters. The maximum Gasteiger partial charge on any atom is 0.129 e. The van der Waals surface area contributed by atoms with E-state index in [9.17, 15) is 4.39 Å². The van der Waals surface area contributed by atoms with Crippen LogP contribution in [0.1, 0.15) is 122 Å². The van der Waals surface area contributed by atoms with Gasteiger partial charge in [-0.2, -0.15) is 0 Å². The van der Waals surface area contributed by atoms with Crippen LogP contribution in [0.2, 0.25) is 5.15 Å². The number of pyridine rings is 1. The highest BCUT2D eigenvalue weighted by atomic mass is 35.5. The van der Waals surface area contributed by atoms with Crippen molar-refractivity contribution >= 4 is 23.5 Å². The van der Waals surface area contributed by atoms with E-state index in [1.807, 2.05) is 68.4 Å². The standard InChI is InChI=1S/C19H23FO.C12H16ClN3.4C2H6/c1-4-5-17-12-18(20)16(13-19(17)21-3)11-10-15-8-6-14(2)7-9-15;1-3-4-5-15-8-11(14)10-7-16-12(13)6-9(10)2;4*1-2/h6-9,12-13H,4-5,10-11H2,1-3H3;6-8,14H,3-5H2,1-2H3;4*1-2H3. The topological polar surface area (TPSA) is 58.3 Å². The smallest absolute Gasteiger partial charge is 0.129 e. The van der Waals surface area contributed by atoms with Crippen LogP contribution in [0.15, 0.2) is 53.7 Å². The first-order chi connectivity index (χ1) is 21.8. The molecule has 0 aliphatic carbocycles. The predicted molar refractivity (Wildman–Crippen MR) is 200 cm³/mol. The summed E-state index contributed by atoms with van der Waals surface area (Å²) in [6, 6.07) is 13.6. The number of benzene rings is 2. The summed E-state index contributed by atoms with van der Waals surface area (Å²) < 4.78 is 19.6. The molecule has 0 aliphatic heterocycles. The minimum Gasteiger partial charge on any atom is -0.496 e. The number of hydrogen-bond donors (Lipinski definition) is 1. The lowest BCUT2D eigenvalue weighted by molar-refractivity contribution is 0.407. The lowest BCUT2D eigenvalue weighted by Crippen LogP contribution is -2.04. The van der Waals surface area contributed by atoms with E-state index >= 15 is 0 Å². The lowest BCUT2D eigenvalue weighted by Gasteiger charge is -2.12. The summed E-state index contributed by atoms with van der Waals surface area (Å²) in [6.07, 6.45) is 8.75. The van der Waals surface area contributed by atoms with E-state index in [-0.39, 0.29) is 5.82 Å². The fraction of sp³-hybridized carbons (Fsp3) is 0.513. The average Bonchev–Trinajstić information content (AvgIpc) is 3.07. The molecule has 1 heterocycles. The highest BCUT2D eigenvalue weighted by Crippen LogP contribution is 2.25. The maximum absolute atomic E-state index is 14.2. The van der Waals surface area contributed by atoms with Gasteiger partial charge in [0.15, 0.2) is 0 Å². The fourth-order valence-corrected chi connectivity index (χ4v) is 4.01. The van der Waals surface area contributed by atoms with Crippen molar-refractivity contribution in [2.45, 2.75) is 122 Å². The summed E-state index contributed by atoms with van der Waals surface area (Å²) in [5.41, 5.74) is 6.28. The predicted octanol–water partition coefficient (Wildman–Crippen LogP) is 12.3. The van der Waals surface area contributed by atoms with Crippen molar-refractivity contribution in [2.24, 2.45) is 4.99 Å². The van der Waals surface area contributed by atoms with Crippen LogP contribution >= 0.6 is 11.6 Å². The Morgan fingerprint density at radius 3 is 1.98 bits per heavy atom. The van der Waals surface area contributed by atoms with E-state index in [4.69, 9.17) is 21.7 Å². The van der Waals surface area contributed by atoms with Crippen molar-refractivity contribution < 1.29 is 9.13 Å². The number of aromatic nitrogens is 1. The SMILES string of the molecule is CC.CC.CC.CC.CCCCN=CC(=N)c1cnc(Cl)cc1C.CCCc1cc(F)c(CCc2ccc(C)cc2)cc1OC. The fourth-order valence-electron chi connectivity index (χ4n) is 3.80. The van der Waals surface area contributed by atoms with Crippen LogP contribution in [0.5, 0.6) is 5.75 Å². The van der Waals surface area contributed by atoms with Crippen LogP contribution in [0.3, 0.4) is 0 Å². The third-order valence-corrected chi connectivity index (χ3v) is 6.21. The van der Waals surface area contributed by atoms with Gasteiger partial charge in [0.2, 0.25) is 0 Å². The molecule has 2 aromatic carbocycles. The monoisotopic (exact) mass is 643 g/mol. The van der Waals surface area contributed by atoms with Crippen molar-refractivity contribution in [1.29, 1.82) is 5.41 Å². The number of rotatable bonds is 11. The largest absolute Gasteiger partial charge is 0.496 e. The van der Waals surface area contributed by atoms with Crippen LogP contribution in [0.4, 0.5) is 4.39 Å². The molecule has 0 radical (unpaired) electrons. The van der Waals surface area contributed by atoms with Gasteiger partial charge in [-0.25, -0.2) is 9.37 Å². The van der Waals surface area contributed by atoms with Gasteiger partial charge in [-0.05, 0) is 80.0 Å². The summed E-state index contributed by atoms with van der Waals surface area (Å²) >= 11 is 5.75. The van der Waals surface area contributed by atoms with E-state index in [2.05, 4.69) is 55.0 Å². The molecule has 3 aromatic rings. The van der Waals surface area contributed by atoms with E-state index in [1.165, 1.54) is 11.1 Å². The van der Waals surface area contributed by atoms with Crippen molar-refractivity contribution in [3.63, 3.8) is 0 Å². The molecule has 1 aromatic heterocycles. The van der Waals surface area contributed by atoms with Gasteiger partial charge in [-0.1, -0.05) is 124 Å². The molecule has 0 spiro atoms. The van der Waals surface area contributed by atoms with Crippen molar-refractivity contribution in [2.75, 3.05) is 13.7 Å². The molecule has 0 aliphatic rings. The molecule has 6 heteroatoms. The summed E-state index contributed by atoms with van der Waals surface area (Å²) in [4.78, 5) is 8.16. The molecule has 0 fully saturated rings. The van der Waals surface area contributed by atoms with Gasteiger partial charge in [-0.3, -0.25) is 10.4 Å². The second-order valence-electron chi connectivity index (χ2n) is 9.12. The van der Waals surface area contributed by atoms with Gasteiger partial charge in [0.1, 0.15) is 16.7 Å².